The molecule has 0 aromatic heterocycles. The maximum atomic E-state index is 11.9. The van der Waals surface area contributed by atoms with Crippen molar-refractivity contribution in [2.24, 2.45) is 0 Å². The van der Waals surface area contributed by atoms with Crippen LogP contribution in [0, 0.1) is 6.92 Å². The van der Waals surface area contributed by atoms with Crippen LogP contribution in [0.3, 0.4) is 0 Å². The lowest BCUT2D eigenvalue weighted by Crippen LogP contribution is -2.11. The molecule has 0 aliphatic rings. The van der Waals surface area contributed by atoms with E-state index in [-0.39, 0.29) is 5.91 Å². The summed E-state index contributed by atoms with van der Waals surface area (Å²) in [6, 6.07) is 13.4. The number of aryl methyl sites for hydroxylation is 1. The van der Waals surface area contributed by atoms with Crippen molar-refractivity contribution in [2.75, 3.05) is 11.1 Å². The van der Waals surface area contributed by atoms with Crippen LogP contribution < -0.4 is 5.32 Å². The van der Waals surface area contributed by atoms with E-state index in [0.717, 1.165) is 12.2 Å². The Balaban J connectivity index is 1.72. The number of carbonyl (C=O) groups is 1. The lowest BCUT2D eigenvalue weighted by Gasteiger charge is -2.06. The highest BCUT2D eigenvalue weighted by molar-refractivity contribution is 7.99. The van der Waals surface area contributed by atoms with Crippen molar-refractivity contribution in [1.29, 1.82) is 0 Å². The number of benzene rings is 2. The molecule has 2 aromatic carbocycles. The Kier molecular flexibility index (Phi) is 6.62. The van der Waals surface area contributed by atoms with E-state index >= 15 is 0 Å². The van der Waals surface area contributed by atoms with Crippen molar-refractivity contribution < 1.29 is 4.79 Å². The molecule has 0 spiro atoms. The van der Waals surface area contributed by atoms with Gasteiger partial charge in [-0.25, -0.2) is 0 Å². The van der Waals surface area contributed by atoms with E-state index in [1.807, 2.05) is 0 Å². The third kappa shape index (κ3) is 5.91. The molecule has 0 radical (unpaired) electrons. The van der Waals surface area contributed by atoms with E-state index in [1.165, 1.54) is 10.5 Å². The molecule has 0 fully saturated rings. The standard InChI is InChI=1S/C17H17Cl2NOS/c1-12-4-6-16(7-5-12)22-8-2-3-17(21)20-15-10-13(18)9-14(19)11-15/h4-7,9-11H,2-3,8H2,1H3,(H,20,21). The number of hydrogen-bond acceptors (Lipinski definition) is 2. The zero-order valence-electron chi connectivity index (χ0n) is 12.2. The number of anilines is 1. The number of nitrogens with one attached hydrogen (secondary N) is 1. The minimum Gasteiger partial charge on any atom is -0.326 e. The predicted octanol–water partition coefficient (Wildman–Crippen LogP) is 5.81. The molecule has 2 aromatic rings. The molecule has 0 saturated heterocycles. The van der Waals surface area contributed by atoms with Gasteiger partial charge in [-0.15, -0.1) is 11.8 Å². The average Bonchev–Trinajstić information content (AvgIpc) is 2.44. The molecule has 0 aliphatic carbocycles. The van der Waals surface area contributed by atoms with Crippen molar-refractivity contribution in [3.05, 3.63) is 58.1 Å². The van der Waals surface area contributed by atoms with Crippen LogP contribution in [0.2, 0.25) is 10.0 Å². The number of carbonyl (C=O) groups excluding carboxylic acids is 1. The van der Waals surface area contributed by atoms with Crippen molar-refractivity contribution in [2.45, 2.75) is 24.7 Å². The van der Waals surface area contributed by atoms with E-state index in [2.05, 4.69) is 36.5 Å². The first kappa shape index (κ1) is 17.2. The lowest BCUT2D eigenvalue weighted by atomic mass is 10.2. The molecule has 0 unspecified atom stereocenters. The molecule has 0 heterocycles. The summed E-state index contributed by atoms with van der Waals surface area (Å²) in [7, 11) is 0. The largest absolute Gasteiger partial charge is 0.326 e. The summed E-state index contributed by atoms with van der Waals surface area (Å²) in [6.45, 7) is 2.07. The molecule has 116 valence electrons. The predicted molar refractivity (Wildman–Crippen MR) is 96.2 cm³/mol. The van der Waals surface area contributed by atoms with Crippen LogP contribution in [0.15, 0.2) is 47.4 Å². The second-order valence-corrected chi connectivity index (χ2v) is 7.01. The monoisotopic (exact) mass is 353 g/mol. The number of rotatable bonds is 6. The van der Waals surface area contributed by atoms with E-state index in [4.69, 9.17) is 23.2 Å². The molecule has 1 N–H and O–H groups in total. The minimum atomic E-state index is -0.0251. The highest BCUT2D eigenvalue weighted by Gasteiger charge is 2.04. The molecule has 22 heavy (non-hydrogen) atoms. The summed E-state index contributed by atoms with van der Waals surface area (Å²) in [5.41, 5.74) is 1.89. The molecule has 0 aliphatic heterocycles. The Hall–Kier alpha value is -1.16. The van der Waals surface area contributed by atoms with E-state index in [0.29, 0.717) is 22.2 Å². The highest BCUT2D eigenvalue weighted by atomic mass is 35.5. The molecule has 5 heteroatoms. The Labute approximate surface area is 145 Å². The van der Waals surface area contributed by atoms with Crippen molar-refractivity contribution in [1.82, 2.24) is 0 Å². The molecule has 2 nitrogen and oxygen atoms in total. The molecule has 0 bridgehead atoms. The van der Waals surface area contributed by atoms with Crippen LogP contribution in [0.25, 0.3) is 0 Å². The molecule has 0 saturated carbocycles. The second kappa shape index (κ2) is 8.47. The van der Waals surface area contributed by atoms with E-state index in [9.17, 15) is 4.79 Å². The van der Waals surface area contributed by atoms with Crippen molar-refractivity contribution in [3.8, 4) is 0 Å². The molecular weight excluding hydrogens is 337 g/mol. The van der Waals surface area contributed by atoms with Crippen LogP contribution in [-0.2, 0) is 4.79 Å². The first-order chi connectivity index (χ1) is 10.5. The summed E-state index contributed by atoms with van der Waals surface area (Å²) in [5, 5.41) is 3.84. The summed E-state index contributed by atoms with van der Waals surface area (Å²) >= 11 is 13.6. The van der Waals surface area contributed by atoms with Gasteiger partial charge in [0, 0.05) is 27.0 Å². The van der Waals surface area contributed by atoms with Crippen molar-refractivity contribution >= 4 is 46.6 Å². The third-order valence-electron chi connectivity index (χ3n) is 2.98. The Bertz CT molecular complexity index is 623. The number of amides is 1. The fourth-order valence-corrected chi connectivity index (χ4v) is 3.29. The molecule has 1 amide bonds. The molecular formula is C17H17Cl2NOS. The fraction of sp³-hybridized carbons (Fsp3) is 0.235. The zero-order chi connectivity index (χ0) is 15.9. The lowest BCUT2D eigenvalue weighted by molar-refractivity contribution is -0.116. The summed E-state index contributed by atoms with van der Waals surface area (Å²) in [5.74, 6) is 0.884. The maximum Gasteiger partial charge on any atom is 0.224 e. The van der Waals surface area contributed by atoms with Gasteiger partial charge in [0.15, 0.2) is 0 Å². The van der Waals surface area contributed by atoms with Gasteiger partial charge in [0.1, 0.15) is 0 Å². The highest BCUT2D eigenvalue weighted by Crippen LogP contribution is 2.23. The first-order valence-electron chi connectivity index (χ1n) is 6.98. The topological polar surface area (TPSA) is 29.1 Å². The Morgan fingerprint density at radius 2 is 1.73 bits per heavy atom. The smallest absolute Gasteiger partial charge is 0.224 e. The van der Waals surface area contributed by atoms with Crippen LogP contribution in [0.4, 0.5) is 5.69 Å². The van der Waals surface area contributed by atoms with Crippen LogP contribution in [0.1, 0.15) is 18.4 Å². The number of thioether (sulfide) groups is 1. The minimum absolute atomic E-state index is 0.0251. The second-order valence-electron chi connectivity index (χ2n) is 4.97. The summed E-state index contributed by atoms with van der Waals surface area (Å²) < 4.78 is 0. The van der Waals surface area contributed by atoms with E-state index in [1.54, 1.807) is 30.0 Å². The Morgan fingerprint density at radius 1 is 1.09 bits per heavy atom. The summed E-state index contributed by atoms with van der Waals surface area (Å²) in [4.78, 5) is 13.1. The van der Waals surface area contributed by atoms with Gasteiger partial charge in [0.05, 0.1) is 0 Å². The SMILES string of the molecule is Cc1ccc(SCCCC(=O)Nc2cc(Cl)cc(Cl)c2)cc1. The molecule has 0 atom stereocenters. The van der Waals surface area contributed by atoms with Crippen LogP contribution >= 0.6 is 35.0 Å². The van der Waals surface area contributed by atoms with Gasteiger partial charge < -0.3 is 5.32 Å². The normalized spacial score (nSPS) is 10.5. The first-order valence-corrected chi connectivity index (χ1v) is 8.72. The van der Waals surface area contributed by atoms with Gasteiger partial charge in [0.2, 0.25) is 5.91 Å². The van der Waals surface area contributed by atoms with Gasteiger partial charge in [-0.2, -0.15) is 0 Å². The van der Waals surface area contributed by atoms with Gasteiger partial charge in [0.25, 0.3) is 0 Å². The third-order valence-corrected chi connectivity index (χ3v) is 4.52. The van der Waals surface area contributed by atoms with Crippen LogP contribution in [0.5, 0.6) is 0 Å². The van der Waals surface area contributed by atoms with E-state index < -0.39 is 0 Å². The van der Waals surface area contributed by atoms with Crippen molar-refractivity contribution in [3.63, 3.8) is 0 Å². The Morgan fingerprint density at radius 3 is 2.36 bits per heavy atom. The van der Waals surface area contributed by atoms with Gasteiger partial charge in [-0.05, 0) is 49.4 Å². The number of hydrogen-bond donors (Lipinski definition) is 1. The van der Waals surface area contributed by atoms with Gasteiger partial charge in [-0.3, -0.25) is 4.79 Å². The quantitative estimate of drug-likeness (QED) is 0.524. The van der Waals surface area contributed by atoms with Crippen LogP contribution in [-0.4, -0.2) is 11.7 Å². The summed E-state index contributed by atoms with van der Waals surface area (Å²) in [6.07, 6.45) is 1.29. The molecule has 2 rings (SSSR count). The zero-order valence-corrected chi connectivity index (χ0v) is 14.6. The maximum absolute atomic E-state index is 11.9. The van der Waals surface area contributed by atoms with Gasteiger partial charge >= 0.3 is 0 Å². The van der Waals surface area contributed by atoms with Gasteiger partial charge in [-0.1, -0.05) is 40.9 Å². The average molecular weight is 354 g/mol. The fourth-order valence-electron chi connectivity index (χ4n) is 1.91. The number of halogens is 2.